The standard InChI is InChI=1S/C28H36N6OS3/c1-20(4-12-30-28(35)27-21(2)31-19-32-22(27)3)33-13-7-24(8-14-33)34(16-23-9-15-37-17-23)26(36)18-38-25-5-10-29-11-6-25/h5-6,9-11,15,17,19-20,24H,4,7-8,12-14,16,18H2,1-3H3,(H,30,35). The zero-order valence-electron chi connectivity index (χ0n) is 22.3. The lowest BCUT2D eigenvalue weighted by Gasteiger charge is -2.42. The van der Waals surface area contributed by atoms with Crippen LogP contribution in [0.15, 0.2) is 52.6 Å². The number of likely N-dealkylation sites (tertiary alicyclic amines) is 1. The fraction of sp³-hybridized carbons (Fsp3) is 0.464. The molecule has 1 N–H and O–H groups in total. The van der Waals surface area contributed by atoms with Crippen LogP contribution in [0.25, 0.3) is 0 Å². The van der Waals surface area contributed by atoms with Crippen LogP contribution >= 0.6 is 35.3 Å². The van der Waals surface area contributed by atoms with E-state index in [4.69, 9.17) is 12.2 Å². The number of hydrogen-bond donors (Lipinski definition) is 1. The van der Waals surface area contributed by atoms with Crippen molar-refractivity contribution < 1.29 is 4.79 Å². The Balaban J connectivity index is 1.27. The summed E-state index contributed by atoms with van der Waals surface area (Å²) < 4.78 is 0. The summed E-state index contributed by atoms with van der Waals surface area (Å²) in [4.78, 5) is 32.3. The molecule has 0 aromatic carbocycles. The predicted molar refractivity (Wildman–Crippen MR) is 160 cm³/mol. The summed E-state index contributed by atoms with van der Waals surface area (Å²) in [6.45, 7) is 9.52. The first kappa shape index (κ1) is 28.6. The number of hydrogen-bond acceptors (Lipinski definition) is 8. The molecule has 1 aliphatic heterocycles. The molecule has 0 saturated carbocycles. The average Bonchev–Trinajstić information content (AvgIpc) is 3.44. The summed E-state index contributed by atoms with van der Waals surface area (Å²) in [5, 5.41) is 7.43. The van der Waals surface area contributed by atoms with Gasteiger partial charge >= 0.3 is 0 Å². The number of aromatic nitrogens is 3. The molecule has 1 atom stereocenters. The van der Waals surface area contributed by atoms with Gasteiger partial charge in [0.1, 0.15) is 6.33 Å². The van der Waals surface area contributed by atoms with Crippen molar-refractivity contribution in [2.24, 2.45) is 0 Å². The predicted octanol–water partition coefficient (Wildman–Crippen LogP) is 5.14. The van der Waals surface area contributed by atoms with E-state index in [9.17, 15) is 4.79 Å². The van der Waals surface area contributed by atoms with Crippen LogP contribution < -0.4 is 5.32 Å². The van der Waals surface area contributed by atoms with Crippen LogP contribution in [0.3, 0.4) is 0 Å². The van der Waals surface area contributed by atoms with Gasteiger partial charge in [-0.1, -0.05) is 12.2 Å². The van der Waals surface area contributed by atoms with E-state index in [-0.39, 0.29) is 5.91 Å². The molecule has 4 heterocycles. The first-order chi connectivity index (χ1) is 18.4. The summed E-state index contributed by atoms with van der Waals surface area (Å²) in [5.74, 6) is 0.708. The number of thiocarbonyl (C=S) groups is 1. The van der Waals surface area contributed by atoms with E-state index in [2.05, 4.69) is 53.8 Å². The Morgan fingerprint density at radius 2 is 1.92 bits per heavy atom. The van der Waals surface area contributed by atoms with Crippen molar-refractivity contribution in [1.29, 1.82) is 0 Å². The van der Waals surface area contributed by atoms with Crippen LogP contribution in [-0.2, 0) is 6.54 Å². The number of nitrogens with zero attached hydrogens (tertiary/aromatic N) is 5. The van der Waals surface area contributed by atoms with Gasteiger partial charge in [-0.25, -0.2) is 9.97 Å². The Bertz CT molecular complexity index is 1160. The number of carbonyl (C=O) groups is 1. The number of amides is 1. The fourth-order valence-electron chi connectivity index (χ4n) is 4.89. The van der Waals surface area contributed by atoms with Crippen molar-refractivity contribution in [2.75, 3.05) is 25.4 Å². The molecule has 1 unspecified atom stereocenters. The van der Waals surface area contributed by atoms with Crippen molar-refractivity contribution >= 4 is 46.2 Å². The van der Waals surface area contributed by atoms with Crippen molar-refractivity contribution in [1.82, 2.24) is 30.1 Å². The van der Waals surface area contributed by atoms with Crippen molar-refractivity contribution in [3.05, 3.63) is 70.2 Å². The highest BCUT2D eigenvalue weighted by Gasteiger charge is 2.28. The van der Waals surface area contributed by atoms with Crippen LogP contribution in [0.2, 0.25) is 0 Å². The molecular weight excluding hydrogens is 533 g/mol. The lowest BCUT2D eigenvalue weighted by molar-refractivity contribution is 0.0934. The van der Waals surface area contributed by atoms with Gasteiger partial charge in [0, 0.05) is 61.3 Å². The Kier molecular flexibility index (Phi) is 10.6. The Labute approximate surface area is 239 Å². The van der Waals surface area contributed by atoms with Gasteiger partial charge in [0.15, 0.2) is 0 Å². The van der Waals surface area contributed by atoms with Gasteiger partial charge in [-0.05, 0) is 74.6 Å². The number of thioether (sulfide) groups is 1. The third kappa shape index (κ3) is 7.81. The molecular formula is C28H36N6OS3. The summed E-state index contributed by atoms with van der Waals surface area (Å²) in [6.07, 6.45) is 8.23. The number of nitrogens with one attached hydrogen (secondary N) is 1. The maximum atomic E-state index is 12.7. The lowest BCUT2D eigenvalue weighted by Crippen LogP contribution is -2.49. The molecule has 10 heteroatoms. The summed E-state index contributed by atoms with van der Waals surface area (Å²) in [7, 11) is 0. The van der Waals surface area contributed by atoms with Crippen LogP contribution in [0.1, 0.15) is 53.5 Å². The number of aryl methyl sites for hydroxylation is 2. The molecule has 38 heavy (non-hydrogen) atoms. The van der Waals surface area contributed by atoms with Gasteiger partial charge in [0.25, 0.3) is 5.91 Å². The van der Waals surface area contributed by atoms with E-state index in [0.29, 0.717) is 35.6 Å². The monoisotopic (exact) mass is 568 g/mol. The van der Waals surface area contributed by atoms with Gasteiger partial charge in [0.05, 0.1) is 21.9 Å². The van der Waals surface area contributed by atoms with Crippen molar-refractivity contribution in [3.8, 4) is 0 Å². The molecule has 202 valence electrons. The number of carbonyl (C=O) groups excluding carboxylic acids is 1. The molecule has 4 rings (SSSR count). The molecule has 0 bridgehead atoms. The maximum Gasteiger partial charge on any atom is 0.254 e. The molecule has 0 radical (unpaired) electrons. The van der Waals surface area contributed by atoms with E-state index < -0.39 is 0 Å². The number of piperidine rings is 1. The van der Waals surface area contributed by atoms with E-state index in [0.717, 1.165) is 49.6 Å². The van der Waals surface area contributed by atoms with E-state index in [1.165, 1.54) is 16.8 Å². The summed E-state index contributed by atoms with van der Waals surface area (Å²) >= 11 is 9.49. The van der Waals surface area contributed by atoms with Gasteiger partial charge < -0.3 is 15.1 Å². The molecule has 3 aromatic heterocycles. The lowest BCUT2D eigenvalue weighted by atomic mass is 10.00. The minimum absolute atomic E-state index is 0.0891. The zero-order chi connectivity index (χ0) is 26.9. The van der Waals surface area contributed by atoms with Crippen molar-refractivity contribution in [3.63, 3.8) is 0 Å². The fourth-order valence-corrected chi connectivity index (χ4v) is 6.71. The Morgan fingerprint density at radius 1 is 1.21 bits per heavy atom. The quantitative estimate of drug-likeness (QED) is 0.252. The van der Waals surface area contributed by atoms with Crippen LogP contribution in [-0.4, -0.2) is 73.1 Å². The Hall–Kier alpha value is -2.40. The summed E-state index contributed by atoms with van der Waals surface area (Å²) in [5.41, 5.74) is 3.35. The largest absolute Gasteiger partial charge is 0.358 e. The van der Waals surface area contributed by atoms with Crippen LogP contribution in [0.4, 0.5) is 0 Å². The topological polar surface area (TPSA) is 74.2 Å². The first-order valence-electron chi connectivity index (χ1n) is 13.1. The smallest absolute Gasteiger partial charge is 0.254 e. The minimum atomic E-state index is -0.0891. The number of rotatable bonds is 11. The van der Waals surface area contributed by atoms with E-state index in [1.54, 1.807) is 23.1 Å². The normalized spacial score (nSPS) is 15.2. The van der Waals surface area contributed by atoms with Gasteiger partial charge in [0.2, 0.25) is 0 Å². The second kappa shape index (κ2) is 14.1. The SMILES string of the molecule is Cc1ncnc(C)c1C(=O)NCCC(C)N1CCC(N(Cc2ccsc2)C(=S)CSc2ccncc2)CC1. The third-order valence-corrected chi connectivity index (χ3v) is 9.45. The molecule has 1 aliphatic rings. The summed E-state index contributed by atoms with van der Waals surface area (Å²) in [6, 6.07) is 7.10. The van der Waals surface area contributed by atoms with Crippen LogP contribution in [0.5, 0.6) is 0 Å². The van der Waals surface area contributed by atoms with Gasteiger partial charge in [-0.15, -0.1) is 11.8 Å². The Morgan fingerprint density at radius 3 is 2.58 bits per heavy atom. The third-order valence-electron chi connectivity index (χ3n) is 7.13. The van der Waals surface area contributed by atoms with E-state index >= 15 is 0 Å². The maximum absolute atomic E-state index is 12.7. The number of pyridine rings is 1. The number of thiophene rings is 1. The highest BCUT2D eigenvalue weighted by molar-refractivity contribution is 8.01. The van der Waals surface area contributed by atoms with Crippen LogP contribution in [0, 0.1) is 13.8 Å². The van der Waals surface area contributed by atoms with Gasteiger partial charge in [-0.3, -0.25) is 9.78 Å². The highest BCUT2D eigenvalue weighted by atomic mass is 32.2. The zero-order valence-corrected chi connectivity index (χ0v) is 24.7. The van der Waals surface area contributed by atoms with Gasteiger partial charge in [-0.2, -0.15) is 11.3 Å². The average molecular weight is 569 g/mol. The molecule has 7 nitrogen and oxygen atoms in total. The first-order valence-corrected chi connectivity index (χ1v) is 15.4. The second-order valence-corrected chi connectivity index (χ2v) is 12.0. The van der Waals surface area contributed by atoms with Crippen molar-refractivity contribution in [2.45, 2.75) is 63.6 Å². The molecule has 1 fully saturated rings. The molecule has 3 aromatic rings. The van der Waals surface area contributed by atoms with E-state index in [1.807, 2.05) is 38.4 Å². The molecule has 1 saturated heterocycles. The highest BCUT2D eigenvalue weighted by Crippen LogP contribution is 2.25. The second-order valence-electron chi connectivity index (χ2n) is 9.71. The molecule has 1 amide bonds. The molecule has 0 spiro atoms. The molecule has 0 aliphatic carbocycles. The minimum Gasteiger partial charge on any atom is -0.358 e.